The number of nitrogens with zero attached hydrogens (tertiary/aromatic N) is 3. The maximum atomic E-state index is 7.08. The van der Waals surface area contributed by atoms with Gasteiger partial charge in [0, 0.05) is 29.4 Å². The molecule has 9 aliphatic carbocycles. The predicted octanol–water partition coefficient (Wildman–Crippen LogP) is 17.6. The van der Waals surface area contributed by atoms with Gasteiger partial charge in [-0.25, -0.2) is 0 Å². The second-order valence-corrected chi connectivity index (χ2v) is 25.6. The van der Waals surface area contributed by atoms with Crippen molar-refractivity contribution in [3.63, 3.8) is 0 Å². The molecule has 0 atom stereocenters. The fourth-order valence-corrected chi connectivity index (χ4v) is 13.0. The zero-order valence-corrected chi connectivity index (χ0v) is 49.8. The van der Waals surface area contributed by atoms with E-state index in [9.17, 15) is 0 Å². The Morgan fingerprint density at radius 2 is 0.863 bits per heavy atom. The minimum atomic E-state index is -0.176. The molecule has 80 heavy (non-hydrogen) atoms. The Kier molecular flexibility index (Phi) is 13.8. The SMILES string of the molecule is CC1(C)Cc2cc3cc(c2)CC(C)(C)c2c[c-]c(cc2)-c2ccc(cn2)C(C)(C)Cc2cc(cc(c2)CC(C)(C)c2ccc(nc2)-c2[c-]cc1cc2)CCc1ccc(nc1)-c1[c-]cc(c2c1oc1c4ccccc4ccc12)CC3.[Ir+3]. The second-order valence-electron chi connectivity index (χ2n) is 25.6. The van der Waals surface area contributed by atoms with Crippen molar-refractivity contribution < 1.29 is 24.5 Å². The summed E-state index contributed by atoms with van der Waals surface area (Å²) in [6, 6.07) is 67.8. The molecule has 11 aromatic rings. The number of benzene rings is 7. The molecule has 0 fully saturated rings. The maximum absolute atomic E-state index is 7.08. The molecule has 16 heterocycles. The first kappa shape index (κ1) is 53.3. The van der Waals surface area contributed by atoms with E-state index in [1.165, 1.54) is 66.8 Å². The summed E-state index contributed by atoms with van der Waals surface area (Å²) in [4.78, 5) is 15.4. The Bertz CT molecular complexity index is 3930. The summed E-state index contributed by atoms with van der Waals surface area (Å²) in [5, 5.41) is 4.56. The van der Waals surface area contributed by atoms with Crippen LogP contribution >= 0.6 is 0 Å². The van der Waals surface area contributed by atoms with Gasteiger partial charge in [-0.15, -0.1) is 88.5 Å². The number of aryl methyl sites for hydroxylation is 4. The molecule has 18 bridgehead atoms. The van der Waals surface area contributed by atoms with Crippen LogP contribution in [0.15, 0.2) is 175 Å². The van der Waals surface area contributed by atoms with Gasteiger partial charge in [-0.1, -0.05) is 182 Å². The smallest absolute Gasteiger partial charge is 0.500 e. The van der Waals surface area contributed by atoms with Crippen molar-refractivity contribution in [1.29, 1.82) is 0 Å². The van der Waals surface area contributed by atoms with E-state index in [2.05, 4.69) is 244 Å². The average molecular weight is 1220 g/mol. The molecule has 4 aromatic heterocycles. The van der Waals surface area contributed by atoms with Crippen molar-refractivity contribution in [3.05, 3.63) is 255 Å². The standard InChI is InChI=1S/C75H68N3O.Ir/c1-72(2)41-51-37-50-15-17-58-23-30-64(71-69(58)65-31-22-55-11-9-10-12-63(55)70(65)79-71)68-32-16-48(45-76-68)13-14-49-35-53(43-74(5,6)61-28-33-66(77-46-61)56-18-24-59(72)25-19-56)40-54(36-49)44-75(7,8)62-29-34-67(78-47-62)57-20-26-60(27-21-57)73(3,4)42-52(38-50)39-51;/h9-12,16,18,20,22-29,31-40,45-47H,13-15,17,41-44H2,1-8H3;/q-3;+3. The first-order valence-electron chi connectivity index (χ1n) is 28.4. The fourth-order valence-electron chi connectivity index (χ4n) is 13.0. The van der Waals surface area contributed by atoms with Crippen LogP contribution < -0.4 is 0 Å². The first-order chi connectivity index (χ1) is 38.0. The number of aromatic nitrogens is 3. The predicted molar refractivity (Wildman–Crippen MR) is 325 cm³/mol. The van der Waals surface area contributed by atoms with Crippen LogP contribution in [-0.2, 0) is 93.1 Å². The van der Waals surface area contributed by atoms with Crippen LogP contribution in [0.5, 0.6) is 0 Å². The third-order valence-electron chi connectivity index (χ3n) is 17.6. The third kappa shape index (κ3) is 10.4. The van der Waals surface area contributed by atoms with Gasteiger partial charge in [0.15, 0.2) is 0 Å². The number of rotatable bonds is 0. The number of furan rings is 1. The minimum Gasteiger partial charge on any atom is -0.500 e. The molecule has 21 aliphatic rings. The maximum Gasteiger partial charge on any atom is 3.00 e. The van der Waals surface area contributed by atoms with Crippen LogP contribution in [0.25, 0.3) is 66.5 Å². The van der Waals surface area contributed by atoms with Gasteiger partial charge in [0.25, 0.3) is 0 Å². The second kappa shape index (κ2) is 20.7. The van der Waals surface area contributed by atoms with Gasteiger partial charge in [-0.2, -0.15) is 0 Å². The minimum absolute atomic E-state index is 0. The van der Waals surface area contributed by atoms with Crippen molar-refractivity contribution >= 4 is 32.7 Å². The molecular formula is C75H68IrN3O. The van der Waals surface area contributed by atoms with E-state index < -0.39 is 0 Å². The number of pyridine rings is 3. The van der Waals surface area contributed by atoms with Gasteiger partial charge in [0.1, 0.15) is 5.58 Å². The summed E-state index contributed by atoms with van der Waals surface area (Å²) < 4.78 is 7.08. The third-order valence-corrected chi connectivity index (χ3v) is 17.6. The molecule has 0 saturated carbocycles. The van der Waals surface area contributed by atoms with Crippen LogP contribution in [0.4, 0.5) is 0 Å². The van der Waals surface area contributed by atoms with Gasteiger partial charge in [-0.05, 0) is 139 Å². The summed E-state index contributed by atoms with van der Waals surface area (Å²) >= 11 is 0. The summed E-state index contributed by atoms with van der Waals surface area (Å²) in [5.41, 5.74) is 22.1. The Labute approximate surface area is 486 Å². The summed E-state index contributed by atoms with van der Waals surface area (Å²) in [7, 11) is 0. The van der Waals surface area contributed by atoms with E-state index >= 15 is 0 Å². The van der Waals surface area contributed by atoms with Crippen LogP contribution in [-0.4, -0.2) is 15.0 Å². The van der Waals surface area contributed by atoms with Crippen molar-refractivity contribution in [2.75, 3.05) is 0 Å². The molecule has 0 radical (unpaired) electrons. The molecule has 398 valence electrons. The summed E-state index contributed by atoms with van der Waals surface area (Å²) in [6.07, 6.45) is 13.2. The molecule has 4 nitrogen and oxygen atoms in total. The summed E-state index contributed by atoms with van der Waals surface area (Å²) in [6.45, 7) is 18.9. The van der Waals surface area contributed by atoms with Crippen LogP contribution in [0.3, 0.4) is 0 Å². The molecule has 12 aliphatic heterocycles. The van der Waals surface area contributed by atoms with Crippen molar-refractivity contribution in [3.8, 4) is 33.8 Å². The molecule has 0 N–H and O–H groups in total. The number of hydrogen-bond donors (Lipinski definition) is 0. The van der Waals surface area contributed by atoms with Gasteiger partial charge in [0.2, 0.25) is 0 Å². The van der Waals surface area contributed by atoms with E-state index in [-0.39, 0.29) is 41.8 Å². The van der Waals surface area contributed by atoms with Crippen LogP contribution in [0.1, 0.15) is 122 Å². The van der Waals surface area contributed by atoms with E-state index in [1.54, 1.807) is 0 Å². The molecule has 0 saturated heterocycles. The molecule has 0 amide bonds. The van der Waals surface area contributed by atoms with Gasteiger partial charge >= 0.3 is 20.1 Å². The van der Waals surface area contributed by atoms with E-state index in [0.717, 1.165) is 118 Å². The van der Waals surface area contributed by atoms with Crippen molar-refractivity contribution in [2.45, 2.75) is 128 Å². The van der Waals surface area contributed by atoms with E-state index in [0.29, 0.717) is 0 Å². The first-order valence-corrected chi connectivity index (χ1v) is 28.4. The Balaban J connectivity index is 0.00000637. The zero-order chi connectivity index (χ0) is 54.3. The molecular weight excluding hydrogens is 1150 g/mol. The topological polar surface area (TPSA) is 51.8 Å². The molecule has 0 unspecified atom stereocenters. The normalized spacial score (nSPS) is 16.4. The van der Waals surface area contributed by atoms with Gasteiger partial charge in [-0.3, -0.25) is 0 Å². The summed E-state index contributed by atoms with van der Waals surface area (Å²) in [5.74, 6) is 0. The molecule has 5 heteroatoms. The van der Waals surface area contributed by atoms with Crippen molar-refractivity contribution in [2.24, 2.45) is 0 Å². The number of hydrogen-bond acceptors (Lipinski definition) is 4. The van der Waals surface area contributed by atoms with Gasteiger partial charge in [0.05, 0.1) is 5.58 Å². The largest absolute Gasteiger partial charge is 3.00 e. The van der Waals surface area contributed by atoms with Crippen molar-refractivity contribution in [1.82, 2.24) is 15.0 Å². The Morgan fingerprint density at radius 3 is 1.36 bits per heavy atom. The van der Waals surface area contributed by atoms with Crippen LogP contribution in [0.2, 0.25) is 0 Å². The quantitative estimate of drug-likeness (QED) is 0.142. The number of fused-ring (bicyclic) bond motifs is 3. The monoisotopic (exact) mass is 1220 g/mol. The average Bonchev–Trinajstić information content (AvgIpc) is 3.97. The Morgan fingerprint density at radius 1 is 0.388 bits per heavy atom. The van der Waals surface area contributed by atoms with Gasteiger partial charge < -0.3 is 19.4 Å². The zero-order valence-electron chi connectivity index (χ0n) is 47.4. The molecule has 7 aromatic carbocycles. The Hall–Kier alpha value is -7.30. The van der Waals surface area contributed by atoms with E-state index in [1.807, 2.05) is 0 Å². The van der Waals surface area contributed by atoms with E-state index in [4.69, 9.17) is 19.4 Å². The van der Waals surface area contributed by atoms with Crippen LogP contribution in [0, 0.1) is 18.2 Å². The fraction of sp³-hybridized carbons (Fsp3) is 0.267. The molecule has 32 rings (SSSR count). The molecule has 0 spiro atoms.